The second kappa shape index (κ2) is 3.31. The Balaban J connectivity index is 2.09. The lowest BCUT2D eigenvalue weighted by Crippen LogP contribution is -1.99. The first-order valence-corrected chi connectivity index (χ1v) is 5.23. The highest BCUT2D eigenvalue weighted by Gasteiger charge is 2.21. The van der Waals surface area contributed by atoms with Crippen LogP contribution in [-0.4, -0.2) is 28.2 Å². The standard InChI is InChI=1S/C11H13N3O/c1-7-2-4-12-11-9(7)13-10(14-11)8-3-5-15-6-8/h2,4,8H,3,5-6H2,1H3,(H,12,13,14). The third-order valence-electron chi connectivity index (χ3n) is 2.94. The fourth-order valence-corrected chi connectivity index (χ4v) is 2.00. The fourth-order valence-electron chi connectivity index (χ4n) is 2.00. The van der Waals surface area contributed by atoms with E-state index in [4.69, 9.17) is 4.74 Å². The minimum Gasteiger partial charge on any atom is -0.381 e. The van der Waals surface area contributed by atoms with Gasteiger partial charge in [-0.15, -0.1) is 0 Å². The van der Waals surface area contributed by atoms with Crippen molar-refractivity contribution in [2.24, 2.45) is 0 Å². The molecule has 3 heterocycles. The summed E-state index contributed by atoms with van der Waals surface area (Å²) in [5, 5.41) is 0. The lowest BCUT2D eigenvalue weighted by atomic mass is 10.1. The van der Waals surface area contributed by atoms with E-state index in [-0.39, 0.29) is 0 Å². The predicted octanol–water partition coefficient (Wildman–Crippen LogP) is 1.77. The van der Waals surface area contributed by atoms with Crippen molar-refractivity contribution in [2.45, 2.75) is 19.3 Å². The summed E-state index contributed by atoms with van der Waals surface area (Å²) in [6.45, 7) is 3.68. The first-order valence-electron chi connectivity index (χ1n) is 5.23. The summed E-state index contributed by atoms with van der Waals surface area (Å²) >= 11 is 0. The molecule has 1 aliphatic rings. The number of aromatic amines is 1. The molecule has 15 heavy (non-hydrogen) atoms. The molecule has 0 aromatic carbocycles. The first kappa shape index (κ1) is 8.85. The van der Waals surface area contributed by atoms with E-state index in [1.54, 1.807) is 6.20 Å². The van der Waals surface area contributed by atoms with Crippen LogP contribution < -0.4 is 0 Å². The number of aryl methyl sites for hydroxylation is 1. The lowest BCUT2D eigenvalue weighted by molar-refractivity contribution is 0.193. The summed E-state index contributed by atoms with van der Waals surface area (Å²) in [4.78, 5) is 12.1. The molecule has 2 aromatic heterocycles. The molecule has 0 spiro atoms. The molecular weight excluding hydrogens is 190 g/mol. The number of imidazole rings is 1. The van der Waals surface area contributed by atoms with Gasteiger partial charge in [-0.3, -0.25) is 0 Å². The van der Waals surface area contributed by atoms with Crippen LogP contribution in [-0.2, 0) is 4.74 Å². The molecule has 1 unspecified atom stereocenters. The van der Waals surface area contributed by atoms with Crippen molar-refractivity contribution in [1.29, 1.82) is 0 Å². The molecule has 0 amide bonds. The molecule has 1 N–H and O–H groups in total. The Bertz CT molecular complexity index is 486. The van der Waals surface area contributed by atoms with Gasteiger partial charge in [-0.2, -0.15) is 0 Å². The van der Waals surface area contributed by atoms with Crippen molar-refractivity contribution < 1.29 is 4.74 Å². The second-order valence-corrected chi connectivity index (χ2v) is 4.01. The zero-order chi connectivity index (χ0) is 10.3. The molecule has 78 valence electrons. The Kier molecular flexibility index (Phi) is 1.95. The molecule has 4 nitrogen and oxygen atoms in total. The van der Waals surface area contributed by atoms with Crippen LogP contribution in [0.2, 0.25) is 0 Å². The summed E-state index contributed by atoms with van der Waals surface area (Å²) in [6, 6.07) is 2.00. The number of pyridine rings is 1. The number of hydrogen-bond acceptors (Lipinski definition) is 3. The molecule has 3 rings (SSSR count). The number of aromatic nitrogens is 3. The molecule has 1 fully saturated rings. The van der Waals surface area contributed by atoms with Gasteiger partial charge in [-0.05, 0) is 25.0 Å². The summed E-state index contributed by atoms with van der Waals surface area (Å²) < 4.78 is 5.36. The Labute approximate surface area is 87.7 Å². The number of H-pyrrole nitrogens is 1. The average Bonchev–Trinajstić information content (AvgIpc) is 2.86. The highest BCUT2D eigenvalue weighted by Crippen LogP contribution is 2.25. The largest absolute Gasteiger partial charge is 0.381 e. The van der Waals surface area contributed by atoms with Gasteiger partial charge in [0.05, 0.1) is 12.1 Å². The quantitative estimate of drug-likeness (QED) is 0.768. The van der Waals surface area contributed by atoms with Gasteiger partial charge >= 0.3 is 0 Å². The molecule has 0 saturated carbocycles. The number of nitrogens with one attached hydrogen (secondary N) is 1. The van der Waals surface area contributed by atoms with E-state index in [9.17, 15) is 0 Å². The van der Waals surface area contributed by atoms with E-state index in [1.807, 2.05) is 6.07 Å². The van der Waals surface area contributed by atoms with Crippen molar-refractivity contribution in [3.05, 3.63) is 23.7 Å². The molecule has 2 aromatic rings. The third-order valence-corrected chi connectivity index (χ3v) is 2.94. The molecule has 1 aliphatic heterocycles. The van der Waals surface area contributed by atoms with Gasteiger partial charge in [0.2, 0.25) is 0 Å². The van der Waals surface area contributed by atoms with Crippen LogP contribution in [0.15, 0.2) is 12.3 Å². The zero-order valence-electron chi connectivity index (χ0n) is 8.66. The number of nitrogens with zero attached hydrogens (tertiary/aromatic N) is 2. The van der Waals surface area contributed by atoms with E-state index < -0.39 is 0 Å². The molecular formula is C11H13N3O. The van der Waals surface area contributed by atoms with E-state index in [1.165, 1.54) is 5.56 Å². The molecule has 1 atom stereocenters. The fraction of sp³-hybridized carbons (Fsp3) is 0.455. The third kappa shape index (κ3) is 1.41. The van der Waals surface area contributed by atoms with Crippen LogP contribution in [0, 0.1) is 6.92 Å². The molecule has 1 saturated heterocycles. The molecule has 0 bridgehead atoms. The Morgan fingerprint density at radius 1 is 1.53 bits per heavy atom. The zero-order valence-corrected chi connectivity index (χ0v) is 8.66. The van der Waals surface area contributed by atoms with Crippen molar-refractivity contribution in [1.82, 2.24) is 15.0 Å². The topological polar surface area (TPSA) is 50.8 Å². The number of hydrogen-bond donors (Lipinski definition) is 1. The molecule has 0 radical (unpaired) electrons. The predicted molar refractivity (Wildman–Crippen MR) is 56.8 cm³/mol. The van der Waals surface area contributed by atoms with Crippen LogP contribution in [0.1, 0.15) is 23.7 Å². The first-order chi connectivity index (χ1) is 7.34. The number of rotatable bonds is 1. The minimum atomic E-state index is 0.415. The second-order valence-electron chi connectivity index (χ2n) is 4.01. The summed E-state index contributed by atoms with van der Waals surface area (Å²) in [5.74, 6) is 1.43. The van der Waals surface area contributed by atoms with Crippen molar-refractivity contribution in [2.75, 3.05) is 13.2 Å². The smallest absolute Gasteiger partial charge is 0.177 e. The minimum absolute atomic E-state index is 0.415. The summed E-state index contributed by atoms with van der Waals surface area (Å²) in [6.07, 6.45) is 2.85. The van der Waals surface area contributed by atoms with E-state index in [0.29, 0.717) is 5.92 Å². The van der Waals surface area contributed by atoms with E-state index in [0.717, 1.165) is 36.6 Å². The van der Waals surface area contributed by atoms with Gasteiger partial charge in [0.15, 0.2) is 5.65 Å². The Hall–Kier alpha value is -1.42. The van der Waals surface area contributed by atoms with Crippen LogP contribution in [0.4, 0.5) is 0 Å². The highest BCUT2D eigenvalue weighted by atomic mass is 16.5. The Morgan fingerprint density at radius 2 is 2.47 bits per heavy atom. The van der Waals surface area contributed by atoms with Crippen LogP contribution in [0.3, 0.4) is 0 Å². The van der Waals surface area contributed by atoms with Gasteiger partial charge in [-0.25, -0.2) is 9.97 Å². The van der Waals surface area contributed by atoms with Crippen LogP contribution in [0.25, 0.3) is 11.2 Å². The van der Waals surface area contributed by atoms with Gasteiger partial charge in [0.1, 0.15) is 5.82 Å². The van der Waals surface area contributed by atoms with Crippen LogP contribution in [0.5, 0.6) is 0 Å². The maximum absolute atomic E-state index is 5.36. The SMILES string of the molecule is Cc1ccnc2nc(C3CCOC3)[nH]c12. The van der Waals surface area contributed by atoms with Gasteiger partial charge in [0, 0.05) is 18.7 Å². The molecule has 4 heteroatoms. The van der Waals surface area contributed by atoms with E-state index >= 15 is 0 Å². The summed E-state index contributed by atoms with van der Waals surface area (Å²) in [7, 11) is 0. The Morgan fingerprint density at radius 3 is 3.20 bits per heavy atom. The maximum Gasteiger partial charge on any atom is 0.177 e. The van der Waals surface area contributed by atoms with Crippen molar-refractivity contribution >= 4 is 11.2 Å². The van der Waals surface area contributed by atoms with Gasteiger partial charge in [0.25, 0.3) is 0 Å². The summed E-state index contributed by atoms with van der Waals surface area (Å²) in [5.41, 5.74) is 3.06. The van der Waals surface area contributed by atoms with Crippen molar-refractivity contribution in [3.63, 3.8) is 0 Å². The molecule has 0 aliphatic carbocycles. The number of fused-ring (bicyclic) bond motifs is 1. The average molecular weight is 203 g/mol. The normalized spacial score (nSPS) is 21.3. The lowest BCUT2D eigenvalue weighted by Gasteiger charge is -2.00. The van der Waals surface area contributed by atoms with Gasteiger partial charge < -0.3 is 9.72 Å². The van der Waals surface area contributed by atoms with Crippen LogP contribution >= 0.6 is 0 Å². The number of ether oxygens (including phenoxy) is 1. The monoisotopic (exact) mass is 203 g/mol. The van der Waals surface area contributed by atoms with Crippen molar-refractivity contribution in [3.8, 4) is 0 Å². The van der Waals surface area contributed by atoms with E-state index in [2.05, 4.69) is 21.9 Å². The maximum atomic E-state index is 5.36. The van der Waals surface area contributed by atoms with Gasteiger partial charge in [-0.1, -0.05) is 0 Å². The highest BCUT2D eigenvalue weighted by molar-refractivity contribution is 5.74.